The Hall–Kier alpha value is -2.00. The third-order valence-corrected chi connectivity index (χ3v) is 2.15. The highest BCUT2D eigenvalue weighted by Crippen LogP contribution is 2.05. The molecule has 17 heavy (non-hydrogen) atoms. The second kappa shape index (κ2) is 6.55. The minimum atomic E-state index is 0. The number of amidine groups is 1. The van der Waals surface area contributed by atoms with Gasteiger partial charge in [-0.15, -0.1) is 12.4 Å². The van der Waals surface area contributed by atoms with Crippen molar-refractivity contribution < 1.29 is 0 Å². The molecule has 0 spiro atoms. The highest BCUT2D eigenvalue weighted by Gasteiger charge is 1.95. The minimum Gasteiger partial charge on any atom is -0.382 e. The number of halogens is 1. The lowest BCUT2D eigenvalue weighted by molar-refractivity contribution is 1.31. The summed E-state index contributed by atoms with van der Waals surface area (Å²) in [6.07, 6.45) is 0. The van der Waals surface area contributed by atoms with E-state index in [0.717, 1.165) is 11.3 Å². The van der Waals surface area contributed by atoms with E-state index in [-0.39, 0.29) is 12.4 Å². The van der Waals surface area contributed by atoms with Crippen LogP contribution < -0.4 is 11.2 Å². The molecule has 3 N–H and O–H groups in total. The molecule has 0 saturated carbocycles. The molecule has 0 fully saturated rings. The number of hydrogen-bond donors (Lipinski definition) is 2. The zero-order valence-corrected chi connectivity index (χ0v) is 10.0. The second-order valence-corrected chi connectivity index (χ2v) is 3.34. The van der Waals surface area contributed by atoms with Gasteiger partial charge in [-0.25, -0.2) is 0 Å². The Balaban J connectivity index is 0.00000144. The molecular weight excluding hydrogens is 234 g/mol. The average molecular weight is 248 g/mol. The van der Waals surface area contributed by atoms with Crippen molar-refractivity contribution >= 4 is 23.9 Å². The Morgan fingerprint density at radius 1 is 0.882 bits per heavy atom. The molecule has 0 aliphatic rings. The molecule has 3 nitrogen and oxygen atoms in total. The molecular formula is C13H14ClN3. The van der Waals surface area contributed by atoms with Gasteiger partial charge in [0.25, 0.3) is 0 Å². The SMILES string of the molecule is Cl.N/C(=N\Nc1ccccc1)c1ccccc1. The topological polar surface area (TPSA) is 50.4 Å². The number of benzene rings is 2. The summed E-state index contributed by atoms with van der Waals surface area (Å²) in [5, 5.41) is 4.11. The molecule has 0 saturated heterocycles. The molecule has 2 rings (SSSR count). The first-order valence-corrected chi connectivity index (χ1v) is 5.06. The van der Waals surface area contributed by atoms with E-state index in [2.05, 4.69) is 10.5 Å². The van der Waals surface area contributed by atoms with Crippen LogP contribution in [0.15, 0.2) is 65.8 Å². The van der Waals surface area contributed by atoms with Gasteiger partial charge in [0.15, 0.2) is 5.84 Å². The largest absolute Gasteiger partial charge is 0.382 e. The van der Waals surface area contributed by atoms with Crippen LogP contribution in [0.1, 0.15) is 5.56 Å². The van der Waals surface area contributed by atoms with Crippen molar-refractivity contribution in [2.45, 2.75) is 0 Å². The number of anilines is 1. The summed E-state index contributed by atoms with van der Waals surface area (Å²) >= 11 is 0. The van der Waals surface area contributed by atoms with E-state index in [1.807, 2.05) is 60.7 Å². The van der Waals surface area contributed by atoms with Crippen LogP contribution in [0.5, 0.6) is 0 Å². The number of para-hydroxylation sites is 1. The Labute approximate surface area is 107 Å². The normalized spacial score (nSPS) is 10.5. The van der Waals surface area contributed by atoms with Crippen molar-refractivity contribution in [3.8, 4) is 0 Å². The molecule has 0 atom stereocenters. The lowest BCUT2D eigenvalue weighted by atomic mass is 10.2. The van der Waals surface area contributed by atoms with E-state index in [4.69, 9.17) is 5.73 Å². The molecule has 0 amide bonds. The molecule has 0 aliphatic heterocycles. The third-order valence-electron chi connectivity index (χ3n) is 2.15. The first-order chi connectivity index (χ1) is 7.86. The minimum absolute atomic E-state index is 0. The predicted octanol–water partition coefficient (Wildman–Crippen LogP) is 2.84. The smallest absolute Gasteiger partial charge is 0.150 e. The van der Waals surface area contributed by atoms with Gasteiger partial charge in [-0.1, -0.05) is 48.5 Å². The van der Waals surface area contributed by atoms with Gasteiger partial charge < -0.3 is 5.73 Å². The number of hydrogen-bond acceptors (Lipinski definition) is 2. The fourth-order valence-electron chi connectivity index (χ4n) is 1.31. The quantitative estimate of drug-likeness (QED) is 0.498. The van der Waals surface area contributed by atoms with Gasteiger partial charge in [-0.3, -0.25) is 5.43 Å². The molecule has 2 aromatic rings. The average Bonchev–Trinajstić information content (AvgIpc) is 2.38. The highest BCUT2D eigenvalue weighted by molar-refractivity contribution is 5.97. The van der Waals surface area contributed by atoms with Gasteiger partial charge in [0.05, 0.1) is 5.69 Å². The monoisotopic (exact) mass is 247 g/mol. The van der Waals surface area contributed by atoms with Crippen molar-refractivity contribution in [1.29, 1.82) is 0 Å². The summed E-state index contributed by atoms with van der Waals surface area (Å²) in [7, 11) is 0. The van der Waals surface area contributed by atoms with E-state index >= 15 is 0 Å². The number of hydrazone groups is 1. The first-order valence-electron chi connectivity index (χ1n) is 5.06. The zero-order valence-electron chi connectivity index (χ0n) is 9.21. The van der Waals surface area contributed by atoms with Crippen LogP contribution in [0, 0.1) is 0 Å². The Morgan fingerprint density at radius 3 is 2.00 bits per heavy atom. The molecule has 0 aromatic heterocycles. The summed E-state index contributed by atoms with van der Waals surface area (Å²) < 4.78 is 0. The Bertz CT molecular complexity index is 469. The number of nitrogens with zero attached hydrogens (tertiary/aromatic N) is 1. The van der Waals surface area contributed by atoms with Crippen molar-refractivity contribution in [3.63, 3.8) is 0 Å². The lowest BCUT2D eigenvalue weighted by Gasteiger charge is -2.02. The molecule has 88 valence electrons. The van der Waals surface area contributed by atoms with E-state index in [1.54, 1.807) is 0 Å². The summed E-state index contributed by atoms with van der Waals surface area (Å²) in [5.41, 5.74) is 10.6. The summed E-state index contributed by atoms with van der Waals surface area (Å²) in [5.74, 6) is 0.476. The van der Waals surface area contributed by atoms with Crippen molar-refractivity contribution in [1.82, 2.24) is 0 Å². The molecule has 4 heteroatoms. The van der Waals surface area contributed by atoms with Crippen LogP contribution in [-0.2, 0) is 0 Å². The van der Waals surface area contributed by atoms with Crippen molar-refractivity contribution in [2.75, 3.05) is 5.43 Å². The number of nitrogens with one attached hydrogen (secondary N) is 1. The molecule has 0 radical (unpaired) electrons. The maximum Gasteiger partial charge on any atom is 0.150 e. The van der Waals surface area contributed by atoms with Crippen LogP contribution in [0.2, 0.25) is 0 Å². The maximum absolute atomic E-state index is 5.83. The van der Waals surface area contributed by atoms with Crippen LogP contribution >= 0.6 is 12.4 Å². The van der Waals surface area contributed by atoms with Crippen LogP contribution in [0.25, 0.3) is 0 Å². The first kappa shape index (κ1) is 13.1. The molecule has 0 bridgehead atoms. The second-order valence-electron chi connectivity index (χ2n) is 3.34. The lowest BCUT2D eigenvalue weighted by Crippen LogP contribution is -2.15. The van der Waals surface area contributed by atoms with Crippen LogP contribution in [0.3, 0.4) is 0 Å². The van der Waals surface area contributed by atoms with Gasteiger partial charge in [0.2, 0.25) is 0 Å². The Morgan fingerprint density at radius 2 is 1.41 bits per heavy atom. The van der Waals surface area contributed by atoms with E-state index in [9.17, 15) is 0 Å². The summed E-state index contributed by atoms with van der Waals surface area (Å²) in [6.45, 7) is 0. The highest BCUT2D eigenvalue weighted by atomic mass is 35.5. The van der Waals surface area contributed by atoms with Crippen LogP contribution in [-0.4, -0.2) is 5.84 Å². The van der Waals surface area contributed by atoms with Gasteiger partial charge in [0.1, 0.15) is 0 Å². The van der Waals surface area contributed by atoms with Crippen LogP contribution in [0.4, 0.5) is 5.69 Å². The standard InChI is InChI=1S/C13H13N3.ClH/c14-13(11-7-3-1-4-8-11)16-15-12-9-5-2-6-10-12;/h1-10,15H,(H2,14,16);1H. The van der Waals surface area contributed by atoms with Gasteiger partial charge in [-0.2, -0.15) is 5.10 Å². The maximum atomic E-state index is 5.83. The molecule has 0 unspecified atom stereocenters. The van der Waals surface area contributed by atoms with E-state index in [0.29, 0.717) is 5.84 Å². The summed E-state index contributed by atoms with van der Waals surface area (Å²) in [6, 6.07) is 19.4. The van der Waals surface area contributed by atoms with Crippen molar-refractivity contribution in [3.05, 3.63) is 66.2 Å². The molecule has 0 heterocycles. The third kappa shape index (κ3) is 3.81. The number of nitrogens with two attached hydrogens (primary N) is 1. The molecule has 0 aliphatic carbocycles. The number of rotatable bonds is 3. The van der Waals surface area contributed by atoms with E-state index in [1.165, 1.54) is 0 Å². The summed E-state index contributed by atoms with van der Waals surface area (Å²) in [4.78, 5) is 0. The fourth-order valence-corrected chi connectivity index (χ4v) is 1.31. The fraction of sp³-hybridized carbons (Fsp3) is 0. The van der Waals surface area contributed by atoms with Gasteiger partial charge in [0, 0.05) is 5.56 Å². The predicted molar refractivity (Wildman–Crippen MR) is 74.5 cm³/mol. The molecule has 2 aromatic carbocycles. The van der Waals surface area contributed by atoms with E-state index < -0.39 is 0 Å². The van der Waals surface area contributed by atoms with Crippen molar-refractivity contribution in [2.24, 2.45) is 10.8 Å². The van der Waals surface area contributed by atoms with Gasteiger partial charge >= 0.3 is 0 Å². The Kier molecular flexibility index (Phi) is 5.04. The zero-order chi connectivity index (χ0) is 11.2. The van der Waals surface area contributed by atoms with Gasteiger partial charge in [-0.05, 0) is 12.1 Å².